The van der Waals surface area contributed by atoms with Gasteiger partial charge in [0.25, 0.3) is 0 Å². The van der Waals surface area contributed by atoms with Crippen molar-refractivity contribution in [1.29, 1.82) is 0 Å². The summed E-state index contributed by atoms with van der Waals surface area (Å²) in [7, 11) is 0. The lowest BCUT2D eigenvalue weighted by Gasteiger charge is -2.10. The molecule has 1 aromatic rings. The molecule has 74 valence electrons. The average Bonchev–Trinajstić information content (AvgIpc) is 2.06. The fourth-order valence-electron chi connectivity index (χ4n) is 0.855. The molecule has 0 N–H and O–H groups in total. The minimum atomic E-state index is 0.0985. The van der Waals surface area contributed by atoms with Gasteiger partial charge in [0.1, 0.15) is 4.75 Å². The fraction of sp³-hybridized carbons (Fsp3) is 0.500. The summed E-state index contributed by atoms with van der Waals surface area (Å²) in [6.45, 7) is 8.53. The van der Waals surface area contributed by atoms with Crippen LogP contribution in [0.15, 0.2) is 30.3 Å². The second-order valence-electron chi connectivity index (χ2n) is 3.70. The Bertz CT molecular complexity index is 208. The van der Waals surface area contributed by atoms with E-state index in [1.807, 2.05) is 6.07 Å². The summed E-state index contributed by atoms with van der Waals surface area (Å²) < 4.78 is 0.0985. The lowest BCUT2D eigenvalue weighted by molar-refractivity contribution is 0.789. The Labute approximate surface area is 87.8 Å². The Morgan fingerprint density at radius 2 is 1.46 bits per heavy atom. The summed E-state index contributed by atoms with van der Waals surface area (Å²) in [5.74, 6) is 0. The highest BCUT2D eigenvalue weighted by Gasteiger charge is 2.19. The second kappa shape index (κ2) is 6.09. The maximum Gasteiger partial charge on any atom is 0.143 e. The number of benzene rings is 1. The highest BCUT2D eigenvalue weighted by atomic mass is 32.1. The third kappa shape index (κ3) is 5.75. The van der Waals surface area contributed by atoms with E-state index in [0.29, 0.717) is 0 Å². The van der Waals surface area contributed by atoms with Crippen LogP contribution in [0.5, 0.6) is 0 Å². The molecule has 0 aliphatic carbocycles. The average molecular weight is 197 g/mol. The zero-order valence-corrected chi connectivity index (χ0v) is 10.1. The quantitative estimate of drug-likeness (QED) is 0.606. The molecular formula is C12H21S+. The Morgan fingerprint density at radius 3 is 1.69 bits per heavy atom. The normalized spacial score (nSPS) is 10.2. The predicted molar refractivity (Wildman–Crippen MR) is 65.6 cm³/mol. The SMILES string of the molecule is CC(C)([SH2+])c1ccccc1.CCC. The van der Waals surface area contributed by atoms with Gasteiger partial charge in [-0.2, -0.15) is 0 Å². The summed E-state index contributed by atoms with van der Waals surface area (Å²) in [5, 5.41) is 0. The van der Waals surface area contributed by atoms with Crippen molar-refractivity contribution in [3.05, 3.63) is 35.9 Å². The van der Waals surface area contributed by atoms with E-state index in [0.717, 1.165) is 0 Å². The van der Waals surface area contributed by atoms with Crippen LogP contribution < -0.4 is 0 Å². The molecule has 0 nitrogen and oxygen atoms in total. The van der Waals surface area contributed by atoms with Gasteiger partial charge in [-0.15, -0.1) is 0 Å². The highest BCUT2D eigenvalue weighted by Crippen LogP contribution is 2.19. The minimum absolute atomic E-state index is 0.0985. The molecule has 0 aliphatic heterocycles. The molecule has 0 aliphatic rings. The van der Waals surface area contributed by atoms with Gasteiger partial charge >= 0.3 is 0 Å². The lowest BCUT2D eigenvalue weighted by Crippen LogP contribution is -2.11. The van der Waals surface area contributed by atoms with E-state index < -0.39 is 0 Å². The van der Waals surface area contributed by atoms with Crippen LogP contribution in [0.2, 0.25) is 0 Å². The largest absolute Gasteiger partial charge is 0.143 e. The first kappa shape index (κ1) is 12.6. The van der Waals surface area contributed by atoms with Crippen molar-refractivity contribution in [2.45, 2.75) is 38.9 Å². The van der Waals surface area contributed by atoms with Gasteiger partial charge in [0.15, 0.2) is 0 Å². The summed E-state index contributed by atoms with van der Waals surface area (Å²) in [4.78, 5) is 0. The van der Waals surface area contributed by atoms with Crippen molar-refractivity contribution in [1.82, 2.24) is 0 Å². The molecule has 13 heavy (non-hydrogen) atoms. The van der Waals surface area contributed by atoms with Crippen LogP contribution in [-0.2, 0) is 17.4 Å². The lowest BCUT2D eigenvalue weighted by atomic mass is 10.0. The Hall–Kier alpha value is -0.430. The molecule has 0 heterocycles. The van der Waals surface area contributed by atoms with Gasteiger partial charge in [-0.05, 0) is 26.5 Å². The Balaban J connectivity index is 0.000000424. The third-order valence-corrected chi connectivity index (χ3v) is 1.78. The smallest absolute Gasteiger partial charge is 0.0656 e. The first-order valence-corrected chi connectivity index (χ1v) is 5.32. The molecule has 0 spiro atoms. The predicted octanol–water partition coefficient (Wildman–Crippen LogP) is 3.35. The van der Waals surface area contributed by atoms with E-state index in [-0.39, 0.29) is 4.75 Å². The summed E-state index contributed by atoms with van der Waals surface area (Å²) in [6, 6.07) is 10.4. The fourth-order valence-corrected chi connectivity index (χ4v) is 1.02. The van der Waals surface area contributed by atoms with Crippen molar-refractivity contribution in [2.24, 2.45) is 0 Å². The summed E-state index contributed by atoms with van der Waals surface area (Å²) in [6.07, 6.45) is 1.25. The first-order valence-electron chi connectivity index (χ1n) is 4.82. The minimum Gasteiger partial charge on any atom is -0.0656 e. The van der Waals surface area contributed by atoms with Crippen LogP contribution in [-0.4, -0.2) is 0 Å². The van der Waals surface area contributed by atoms with Crippen molar-refractivity contribution in [3.8, 4) is 0 Å². The van der Waals surface area contributed by atoms with Crippen molar-refractivity contribution < 1.29 is 0 Å². The van der Waals surface area contributed by atoms with Gasteiger partial charge in [-0.25, -0.2) is 0 Å². The van der Waals surface area contributed by atoms with E-state index >= 15 is 0 Å². The molecule has 0 unspecified atom stereocenters. The highest BCUT2D eigenvalue weighted by molar-refractivity contribution is 7.59. The number of rotatable bonds is 1. The molecule has 1 heteroatoms. The van der Waals surface area contributed by atoms with Crippen molar-refractivity contribution in [3.63, 3.8) is 0 Å². The van der Waals surface area contributed by atoms with Crippen LogP contribution in [0.1, 0.15) is 39.7 Å². The molecule has 1 rings (SSSR count). The maximum absolute atomic E-state index is 3.64. The molecule has 0 saturated carbocycles. The van der Waals surface area contributed by atoms with Crippen LogP contribution in [0.4, 0.5) is 0 Å². The van der Waals surface area contributed by atoms with Gasteiger partial charge in [-0.1, -0.05) is 50.6 Å². The van der Waals surface area contributed by atoms with Crippen LogP contribution in [0.25, 0.3) is 0 Å². The molecule has 0 atom stereocenters. The molecule has 1 aromatic carbocycles. The second-order valence-corrected chi connectivity index (χ2v) is 4.95. The van der Waals surface area contributed by atoms with Gasteiger partial charge in [0.05, 0.1) is 0 Å². The molecule has 0 saturated heterocycles. The van der Waals surface area contributed by atoms with E-state index in [2.05, 4.69) is 64.6 Å². The third-order valence-electron chi connectivity index (χ3n) is 1.50. The van der Waals surface area contributed by atoms with Gasteiger partial charge in [0, 0.05) is 5.56 Å². The Kier molecular flexibility index (Phi) is 5.89. The van der Waals surface area contributed by atoms with Gasteiger partial charge in [-0.3, -0.25) is 0 Å². The van der Waals surface area contributed by atoms with Crippen LogP contribution in [0, 0.1) is 0 Å². The van der Waals surface area contributed by atoms with Gasteiger partial charge < -0.3 is 0 Å². The molecule has 0 amide bonds. The zero-order chi connectivity index (χ0) is 10.3. The monoisotopic (exact) mass is 197 g/mol. The van der Waals surface area contributed by atoms with E-state index in [9.17, 15) is 0 Å². The zero-order valence-electron chi connectivity index (χ0n) is 9.09. The van der Waals surface area contributed by atoms with E-state index in [4.69, 9.17) is 0 Å². The first-order chi connectivity index (χ1) is 6.02. The topological polar surface area (TPSA) is 0 Å². The van der Waals surface area contributed by atoms with Crippen molar-refractivity contribution in [2.75, 3.05) is 0 Å². The molecular weight excluding hydrogens is 176 g/mol. The molecule has 0 bridgehead atoms. The van der Waals surface area contributed by atoms with Crippen molar-refractivity contribution >= 4 is 12.6 Å². The summed E-state index contributed by atoms with van der Waals surface area (Å²) >= 11 is 3.64. The van der Waals surface area contributed by atoms with Crippen LogP contribution >= 0.6 is 0 Å². The molecule has 0 fully saturated rings. The molecule has 0 aromatic heterocycles. The summed E-state index contributed by atoms with van der Waals surface area (Å²) in [5.41, 5.74) is 1.31. The van der Waals surface area contributed by atoms with Gasteiger partial charge in [0.2, 0.25) is 0 Å². The standard InChI is InChI=1S/C9H12S.C3H8/c1-9(2,10)8-6-4-3-5-7-8;1-3-2/h3-7,10H,1-2H3;3H2,1-2H3/p+1. The molecule has 0 radical (unpaired) electrons. The number of hydrogen-bond acceptors (Lipinski definition) is 0. The maximum atomic E-state index is 3.64. The van der Waals surface area contributed by atoms with E-state index in [1.165, 1.54) is 12.0 Å². The number of hydrogen-bond donors (Lipinski definition) is 0. The Morgan fingerprint density at radius 1 is 1.08 bits per heavy atom. The van der Waals surface area contributed by atoms with Crippen LogP contribution in [0.3, 0.4) is 0 Å². The van der Waals surface area contributed by atoms with E-state index in [1.54, 1.807) is 0 Å².